The maximum absolute atomic E-state index is 13.3. The van der Waals surface area contributed by atoms with Gasteiger partial charge >= 0.3 is 12.4 Å². The number of anilines is 1. The van der Waals surface area contributed by atoms with Gasteiger partial charge in [-0.3, -0.25) is 4.79 Å². The van der Waals surface area contributed by atoms with Gasteiger partial charge in [0.15, 0.2) is 0 Å². The number of alkyl halides is 3. The minimum atomic E-state index is -4.77. The first-order chi connectivity index (χ1) is 16.7. The summed E-state index contributed by atoms with van der Waals surface area (Å²) in [6.45, 7) is 3.53. The highest BCUT2D eigenvalue weighted by Gasteiger charge is 2.37. The Bertz CT molecular complexity index is 1300. The Kier molecular flexibility index (Phi) is 5.78. The first kappa shape index (κ1) is 23.0. The number of pyridine rings is 1. The highest BCUT2D eigenvalue weighted by molar-refractivity contribution is 5.89. The molecule has 3 heterocycles. The van der Waals surface area contributed by atoms with Crippen LogP contribution in [0.3, 0.4) is 0 Å². The van der Waals surface area contributed by atoms with Crippen molar-refractivity contribution in [2.45, 2.75) is 32.2 Å². The van der Waals surface area contributed by atoms with Gasteiger partial charge in [-0.2, -0.15) is 0 Å². The van der Waals surface area contributed by atoms with Crippen molar-refractivity contribution in [3.8, 4) is 16.9 Å². The number of hydrogen-bond acceptors (Lipinski definition) is 3. The first-order valence-corrected chi connectivity index (χ1v) is 11.4. The Hall–Kier alpha value is -3.75. The normalized spacial score (nSPS) is 19.1. The monoisotopic (exact) mass is 483 g/mol. The molecule has 1 N–H and O–H groups in total. The van der Waals surface area contributed by atoms with E-state index in [0.29, 0.717) is 30.8 Å². The number of ether oxygens (including phenoxy) is 1. The third-order valence-electron chi connectivity index (χ3n) is 6.59. The summed E-state index contributed by atoms with van der Waals surface area (Å²) < 4.78 is 42.9. The summed E-state index contributed by atoms with van der Waals surface area (Å²) in [5.41, 5.74) is 3.49. The van der Waals surface area contributed by atoms with Crippen LogP contribution in [0.4, 0.5) is 23.7 Å². The van der Waals surface area contributed by atoms with Gasteiger partial charge in [0.05, 0.1) is 0 Å². The van der Waals surface area contributed by atoms with E-state index in [1.165, 1.54) is 24.3 Å². The molecule has 0 radical (unpaired) electrons. The predicted molar refractivity (Wildman–Crippen MR) is 125 cm³/mol. The second-order valence-corrected chi connectivity index (χ2v) is 9.16. The van der Waals surface area contributed by atoms with E-state index in [-0.39, 0.29) is 29.2 Å². The second kappa shape index (κ2) is 8.79. The van der Waals surface area contributed by atoms with Crippen molar-refractivity contribution < 1.29 is 22.7 Å². The zero-order valence-corrected chi connectivity index (χ0v) is 19.0. The van der Waals surface area contributed by atoms with Crippen LogP contribution < -0.4 is 15.6 Å². The number of benzene rings is 2. The van der Waals surface area contributed by atoms with Crippen molar-refractivity contribution >= 4 is 11.7 Å². The molecule has 6 nitrogen and oxygen atoms in total. The van der Waals surface area contributed by atoms with E-state index in [1.54, 1.807) is 15.5 Å². The lowest BCUT2D eigenvalue weighted by Crippen LogP contribution is -2.50. The zero-order chi connectivity index (χ0) is 24.7. The van der Waals surface area contributed by atoms with Crippen molar-refractivity contribution in [3.05, 3.63) is 82.3 Å². The lowest BCUT2D eigenvalue weighted by molar-refractivity contribution is -0.274. The molecule has 2 atom stereocenters. The van der Waals surface area contributed by atoms with Gasteiger partial charge in [-0.25, -0.2) is 4.79 Å². The molecular weight excluding hydrogens is 459 g/mol. The van der Waals surface area contributed by atoms with Crippen LogP contribution in [-0.4, -0.2) is 34.9 Å². The number of nitrogens with one attached hydrogen (secondary N) is 1. The fourth-order valence-corrected chi connectivity index (χ4v) is 5.01. The minimum Gasteiger partial charge on any atom is -0.406 e. The van der Waals surface area contributed by atoms with Crippen LogP contribution in [0, 0.1) is 12.8 Å². The van der Waals surface area contributed by atoms with Crippen molar-refractivity contribution in [2.24, 2.45) is 5.92 Å². The van der Waals surface area contributed by atoms with Gasteiger partial charge in [-0.15, -0.1) is 13.2 Å². The van der Waals surface area contributed by atoms with E-state index in [1.807, 2.05) is 37.3 Å². The molecular formula is C26H24F3N3O3. The standard InChI is InChI=1S/C26H24F3N3O3/c1-16-2-6-20(7-3-16)30-25(34)31-13-17-12-19(15-31)23-11-10-22(24(33)32(23)14-17)18-4-8-21(9-5-18)35-26(27,28)29/h2-11,17,19H,12-15H2,1H3,(H,30,34)/t17-,19-/m1/s1. The summed E-state index contributed by atoms with van der Waals surface area (Å²) in [5.74, 6) is -0.158. The number of piperidine rings is 1. The van der Waals surface area contributed by atoms with Crippen LogP contribution in [0.5, 0.6) is 5.75 Å². The van der Waals surface area contributed by atoms with Crippen molar-refractivity contribution in [3.63, 3.8) is 0 Å². The molecule has 1 fully saturated rings. The Labute approximate surface area is 199 Å². The summed E-state index contributed by atoms with van der Waals surface area (Å²) in [6.07, 6.45) is -3.87. The fraction of sp³-hybridized carbons (Fsp3) is 0.308. The molecule has 5 rings (SSSR count). The third-order valence-corrected chi connectivity index (χ3v) is 6.59. The summed E-state index contributed by atoms with van der Waals surface area (Å²) in [5, 5.41) is 2.95. The molecule has 1 aromatic heterocycles. The molecule has 2 aliphatic heterocycles. The zero-order valence-electron chi connectivity index (χ0n) is 19.0. The molecule has 1 saturated heterocycles. The van der Waals surface area contributed by atoms with Crippen LogP contribution in [0.1, 0.15) is 23.6 Å². The van der Waals surface area contributed by atoms with Crippen LogP contribution >= 0.6 is 0 Å². The number of urea groups is 1. The fourth-order valence-electron chi connectivity index (χ4n) is 5.01. The quantitative estimate of drug-likeness (QED) is 0.545. The molecule has 182 valence electrons. The molecule has 2 amide bonds. The second-order valence-electron chi connectivity index (χ2n) is 9.16. The number of hydrogen-bond donors (Lipinski definition) is 1. The minimum absolute atomic E-state index is 0.0376. The van der Waals surface area contributed by atoms with E-state index >= 15 is 0 Å². The van der Waals surface area contributed by atoms with Gasteiger partial charge in [0.2, 0.25) is 0 Å². The highest BCUT2D eigenvalue weighted by Crippen LogP contribution is 2.36. The van der Waals surface area contributed by atoms with Crippen LogP contribution in [0.25, 0.3) is 11.1 Å². The molecule has 9 heteroatoms. The van der Waals surface area contributed by atoms with Crippen molar-refractivity contribution in [2.75, 3.05) is 18.4 Å². The number of aryl methyl sites for hydroxylation is 1. The summed E-state index contributed by atoms with van der Waals surface area (Å²) >= 11 is 0. The van der Waals surface area contributed by atoms with Gasteiger partial charge in [0.25, 0.3) is 5.56 Å². The Morgan fingerprint density at radius 2 is 1.69 bits per heavy atom. The molecule has 2 aromatic carbocycles. The number of nitrogens with zero attached hydrogens (tertiary/aromatic N) is 2. The summed E-state index contributed by atoms with van der Waals surface area (Å²) in [6, 6.07) is 16.4. The van der Waals surface area contributed by atoms with Gasteiger partial charge in [0, 0.05) is 42.5 Å². The Morgan fingerprint density at radius 3 is 2.37 bits per heavy atom. The lowest BCUT2D eigenvalue weighted by atomic mass is 9.83. The number of likely N-dealkylation sites (tertiary alicyclic amines) is 1. The molecule has 3 aromatic rings. The molecule has 2 aliphatic rings. The third kappa shape index (κ3) is 4.89. The summed E-state index contributed by atoms with van der Waals surface area (Å²) in [4.78, 5) is 28.0. The molecule has 35 heavy (non-hydrogen) atoms. The SMILES string of the molecule is Cc1ccc(NC(=O)N2C[C@H]3C[C@H](C2)c2ccc(-c4ccc(OC(F)(F)F)cc4)c(=O)n2C3)cc1. The predicted octanol–water partition coefficient (Wildman–Crippen LogP) is 5.37. The Balaban J connectivity index is 1.34. The number of amides is 2. The summed E-state index contributed by atoms with van der Waals surface area (Å²) in [7, 11) is 0. The van der Waals surface area contributed by atoms with E-state index in [0.717, 1.165) is 23.4 Å². The number of aromatic nitrogens is 1. The number of rotatable bonds is 3. The maximum atomic E-state index is 13.3. The average molecular weight is 483 g/mol. The highest BCUT2D eigenvalue weighted by atomic mass is 19.4. The molecule has 2 bridgehead atoms. The van der Waals surface area contributed by atoms with E-state index in [4.69, 9.17) is 0 Å². The number of fused-ring (bicyclic) bond motifs is 4. The first-order valence-electron chi connectivity index (χ1n) is 11.4. The molecule has 0 saturated carbocycles. The average Bonchev–Trinajstić information content (AvgIpc) is 2.81. The van der Waals surface area contributed by atoms with Crippen LogP contribution in [-0.2, 0) is 6.54 Å². The number of carbonyl (C=O) groups is 1. The van der Waals surface area contributed by atoms with Gasteiger partial charge in [-0.05, 0) is 61.2 Å². The Morgan fingerprint density at radius 1 is 0.971 bits per heavy atom. The van der Waals surface area contributed by atoms with Crippen molar-refractivity contribution in [1.82, 2.24) is 9.47 Å². The van der Waals surface area contributed by atoms with Gasteiger partial charge in [0.1, 0.15) is 5.75 Å². The smallest absolute Gasteiger partial charge is 0.406 e. The topological polar surface area (TPSA) is 63.6 Å². The molecule has 0 aliphatic carbocycles. The van der Waals surface area contributed by atoms with Crippen molar-refractivity contribution in [1.29, 1.82) is 0 Å². The van der Waals surface area contributed by atoms with Crippen LogP contribution in [0.2, 0.25) is 0 Å². The molecule has 0 spiro atoms. The van der Waals surface area contributed by atoms with Gasteiger partial charge < -0.3 is 19.5 Å². The van der Waals surface area contributed by atoms with E-state index in [2.05, 4.69) is 10.1 Å². The lowest BCUT2D eigenvalue weighted by Gasteiger charge is -2.42. The molecule has 0 unspecified atom stereocenters. The van der Waals surface area contributed by atoms with E-state index < -0.39 is 6.36 Å². The van der Waals surface area contributed by atoms with Crippen LogP contribution in [0.15, 0.2) is 65.5 Å². The van der Waals surface area contributed by atoms with Gasteiger partial charge in [-0.1, -0.05) is 29.8 Å². The largest absolute Gasteiger partial charge is 0.573 e. The number of carbonyl (C=O) groups excluding carboxylic acids is 1. The number of halogens is 3. The van der Waals surface area contributed by atoms with E-state index in [9.17, 15) is 22.8 Å². The maximum Gasteiger partial charge on any atom is 0.573 e.